The minimum atomic E-state index is 0.0652. The molecule has 4 heteroatoms. The second-order valence-electron chi connectivity index (χ2n) is 7.00. The number of benzene rings is 2. The third kappa shape index (κ3) is 3.27. The molecule has 1 amide bonds. The first-order valence-electron chi connectivity index (χ1n) is 9.22. The number of hydrogen-bond donors (Lipinski definition) is 0. The van der Waals surface area contributed by atoms with E-state index in [2.05, 4.69) is 6.92 Å². The lowest BCUT2D eigenvalue weighted by molar-refractivity contribution is 0.0688. The normalized spacial score (nSPS) is 15.2. The number of rotatable bonds is 3. The molecule has 132 valence electrons. The third-order valence-electron chi connectivity index (χ3n) is 5.07. The first kappa shape index (κ1) is 16.6. The zero-order valence-electron chi connectivity index (χ0n) is 15.0. The van der Waals surface area contributed by atoms with Crippen LogP contribution in [0.4, 0.5) is 0 Å². The second kappa shape index (κ2) is 7.16. The summed E-state index contributed by atoms with van der Waals surface area (Å²) >= 11 is 0. The molecule has 0 spiro atoms. The molecule has 1 aliphatic heterocycles. The van der Waals surface area contributed by atoms with Crippen LogP contribution in [0.15, 0.2) is 66.7 Å². The van der Waals surface area contributed by atoms with Crippen molar-refractivity contribution in [2.24, 2.45) is 5.92 Å². The highest BCUT2D eigenvalue weighted by molar-refractivity contribution is 5.94. The topological polar surface area (TPSA) is 38.1 Å². The van der Waals surface area contributed by atoms with Gasteiger partial charge in [0.15, 0.2) is 0 Å². The summed E-state index contributed by atoms with van der Waals surface area (Å²) in [6, 6.07) is 21.8. The van der Waals surface area contributed by atoms with E-state index in [-0.39, 0.29) is 5.91 Å². The maximum Gasteiger partial charge on any atom is 0.272 e. The highest BCUT2D eigenvalue weighted by Gasteiger charge is 2.25. The molecule has 2 heterocycles. The van der Waals surface area contributed by atoms with Crippen LogP contribution in [0, 0.1) is 5.92 Å². The summed E-state index contributed by atoms with van der Waals surface area (Å²) in [4.78, 5) is 15.2. The molecule has 0 radical (unpaired) electrons. The number of hydrogen-bond acceptors (Lipinski definition) is 2. The fourth-order valence-electron chi connectivity index (χ4n) is 3.42. The summed E-state index contributed by atoms with van der Waals surface area (Å²) in [5, 5.41) is 4.75. The van der Waals surface area contributed by atoms with E-state index in [0.29, 0.717) is 11.6 Å². The Hall–Kier alpha value is -2.88. The minimum Gasteiger partial charge on any atom is -0.337 e. The molecule has 1 fully saturated rings. The Labute approximate surface area is 154 Å². The summed E-state index contributed by atoms with van der Waals surface area (Å²) in [6.45, 7) is 3.89. The van der Waals surface area contributed by atoms with Crippen LogP contribution in [0.5, 0.6) is 0 Å². The third-order valence-corrected chi connectivity index (χ3v) is 5.07. The number of carbonyl (C=O) groups is 1. The molecular weight excluding hydrogens is 322 g/mol. The predicted molar refractivity (Wildman–Crippen MR) is 103 cm³/mol. The van der Waals surface area contributed by atoms with Crippen molar-refractivity contribution in [2.75, 3.05) is 13.1 Å². The number of aromatic nitrogens is 2. The lowest BCUT2D eigenvalue weighted by atomic mass is 9.99. The van der Waals surface area contributed by atoms with Gasteiger partial charge < -0.3 is 4.90 Å². The molecule has 4 nitrogen and oxygen atoms in total. The van der Waals surface area contributed by atoms with Gasteiger partial charge in [0.05, 0.1) is 11.4 Å². The summed E-state index contributed by atoms with van der Waals surface area (Å²) in [5.74, 6) is 0.758. The van der Waals surface area contributed by atoms with Crippen LogP contribution < -0.4 is 0 Å². The quantitative estimate of drug-likeness (QED) is 0.705. The van der Waals surface area contributed by atoms with E-state index in [0.717, 1.165) is 42.9 Å². The van der Waals surface area contributed by atoms with Gasteiger partial charge in [-0.3, -0.25) is 4.79 Å². The number of para-hydroxylation sites is 1. The van der Waals surface area contributed by atoms with Crippen LogP contribution in [-0.4, -0.2) is 33.7 Å². The lowest BCUT2D eigenvalue weighted by Crippen LogP contribution is -2.38. The standard InChI is InChI=1S/C22H23N3O/c1-17-12-14-24(15-13-17)22(26)21-16-20(18-8-4-2-5-9-18)23-25(21)19-10-6-3-7-11-19/h2-11,16-17H,12-15H2,1H3. The summed E-state index contributed by atoms with van der Waals surface area (Å²) in [5.41, 5.74) is 3.37. The molecule has 3 aromatic rings. The molecule has 0 bridgehead atoms. The average Bonchev–Trinajstić information content (AvgIpc) is 3.15. The smallest absolute Gasteiger partial charge is 0.272 e. The van der Waals surface area contributed by atoms with Crippen LogP contribution in [0.2, 0.25) is 0 Å². The van der Waals surface area contributed by atoms with Crippen molar-refractivity contribution in [3.8, 4) is 16.9 Å². The van der Waals surface area contributed by atoms with Gasteiger partial charge >= 0.3 is 0 Å². The number of carbonyl (C=O) groups excluding carboxylic acids is 1. The first-order chi connectivity index (χ1) is 12.7. The number of likely N-dealkylation sites (tertiary alicyclic amines) is 1. The van der Waals surface area contributed by atoms with Gasteiger partial charge in [0, 0.05) is 18.7 Å². The van der Waals surface area contributed by atoms with Crippen LogP contribution in [0.1, 0.15) is 30.3 Å². The maximum atomic E-state index is 13.2. The van der Waals surface area contributed by atoms with E-state index in [1.807, 2.05) is 71.6 Å². The van der Waals surface area contributed by atoms with Crippen molar-refractivity contribution >= 4 is 5.91 Å². The van der Waals surface area contributed by atoms with Gasteiger partial charge in [-0.25, -0.2) is 4.68 Å². The van der Waals surface area contributed by atoms with Gasteiger partial charge in [-0.05, 0) is 37.0 Å². The van der Waals surface area contributed by atoms with E-state index < -0.39 is 0 Å². The van der Waals surface area contributed by atoms with Gasteiger partial charge in [0.2, 0.25) is 0 Å². The Balaban J connectivity index is 1.74. The van der Waals surface area contributed by atoms with Crippen molar-refractivity contribution in [3.63, 3.8) is 0 Å². The monoisotopic (exact) mass is 345 g/mol. The minimum absolute atomic E-state index is 0.0652. The Kier molecular flexibility index (Phi) is 4.57. The zero-order chi connectivity index (χ0) is 17.9. The molecule has 1 aromatic heterocycles. The highest BCUT2D eigenvalue weighted by Crippen LogP contribution is 2.24. The Morgan fingerprint density at radius 3 is 2.23 bits per heavy atom. The van der Waals surface area contributed by atoms with E-state index in [9.17, 15) is 4.79 Å². The van der Waals surface area contributed by atoms with Crippen molar-refractivity contribution in [1.29, 1.82) is 0 Å². The van der Waals surface area contributed by atoms with E-state index in [4.69, 9.17) is 5.10 Å². The highest BCUT2D eigenvalue weighted by atomic mass is 16.2. The van der Waals surface area contributed by atoms with E-state index in [1.54, 1.807) is 4.68 Å². The van der Waals surface area contributed by atoms with E-state index >= 15 is 0 Å². The molecule has 2 aromatic carbocycles. The van der Waals surface area contributed by atoms with Gasteiger partial charge in [-0.15, -0.1) is 0 Å². The zero-order valence-corrected chi connectivity index (χ0v) is 15.0. The lowest BCUT2D eigenvalue weighted by Gasteiger charge is -2.30. The summed E-state index contributed by atoms with van der Waals surface area (Å²) in [7, 11) is 0. The number of piperidine rings is 1. The average molecular weight is 345 g/mol. The first-order valence-corrected chi connectivity index (χ1v) is 9.22. The Bertz CT molecular complexity index is 878. The summed E-state index contributed by atoms with van der Waals surface area (Å²) in [6.07, 6.45) is 2.13. The second-order valence-corrected chi connectivity index (χ2v) is 7.00. The molecule has 0 saturated carbocycles. The number of nitrogens with zero attached hydrogens (tertiary/aromatic N) is 3. The molecule has 0 unspecified atom stereocenters. The molecule has 4 rings (SSSR count). The SMILES string of the molecule is CC1CCN(C(=O)c2cc(-c3ccccc3)nn2-c2ccccc2)CC1. The van der Waals surface area contributed by atoms with Gasteiger partial charge in [-0.1, -0.05) is 55.5 Å². The van der Waals surface area contributed by atoms with Crippen molar-refractivity contribution in [3.05, 3.63) is 72.4 Å². The maximum absolute atomic E-state index is 13.2. The van der Waals surface area contributed by atoms with Crippen LogP contribution in [-0.2, 0) is 0 Å². The number of amides is 1. The molecule has 26 heavy (non-hydrogen) atoms. The Morgan fingerprint density at radius 2 is 1.58 bits per heavy atom. The molecule has 1 saturated heterocycles. The Morgan fingerprint density at radius 1 is 0.962 bits per heavy atom. The molecule has 0 N–H and O–H groups in total. The molecular formula is C22H23N3O. The van der Waals surface area contributed by atoms with Gasteiger partial charge in [-0.2, -0.15) is 5.10 Å². The largest absolute Gasteiger partial charge is 0.337 e. The van der Waals surface area contributed by atoms with Crippen LogP contribution in [0.3, 0.4) is 0 Å². The van der Waals surface area contributed by atoms with Gasteiger partial charge in [0.25, 0.3) is 5.91 Å². The van der Waals surface area contributed by atoms with Crippen molar-refractivity contribution < 1.29 is 4.79 Å². The predicted octanol–water partition coefficient (Wildman–Crippen LogP) is 4.41. The van der Waals surface area contributed by atoms with Gasteiger partial charge in [0.1, 0.15) is 5.69 Å². The molecule has 0 atom stereocenters. The fourth-order valence-corrected chi connectivity index (χ4v) is 3.42. The summed E-state index contributed by atoms with van der Waals surface area (Å²) < 4.78 is 1.78. The van der Waals surface area contributed by atoms with E-state index in [1.165, 1.54) is 0 Å². The van der Waals surface area contributed by atoms with Crippen molar-refractivity contribution in [1.82, 2.24) is 14.7 Å². The molecule has 0 aliphatic carbocycles. The molecule has 1 aliphatic rings. The van der Waals surface area contributed by atoms with Crippen LogP contribution in [0.25, 0.3) is 16.9 Å². The fraction of sp³-hybridized carbons (Fsp3) is 0.273. The van der Waals surface area contributed by atoms with Crippen LogP contribution >= 0.6 is 0 Å². The van der Waals surface area contributed by atoms with Crippen molar-refractivity contribution in [2.45, 2.75) is 19.8 Å².